The van der Waals surface area contributed by atoms with E-state index in [0.29, 0.717) is 34.0 Å². The number of fused-ring (bicyclic) bond motifs is 1. The van der Waals surface area contributed by atoms with Gasteiger partial charge in [-0.15, -0.1) is 0 Å². The molecule has 0 bridgehead atoms. The summed E-state index contributed by atoms with van der Waals surface area (Å²) < 4.78 is 7.46. The number of benzene rings is 3. The molecule has 0 amide bonds. The predicted molar refractivity (Wildman–Crippen MR) is 149 cm³/mol. The molecule has 1 aliphatic heterocycles. The molecule has 0 N–H and O–H groups in total. The number of hydrogen-bond acceptors (Lipinski definition) is 6. The first-order valence-electron chi connectivity index (χ1n) is 12.7. The summed E-state index contributed by atoms with van der Waals surface area (Å²) in [5, 5.41) is 1.34. The second-order valence-electron chi connectivity index (χ2n) is 9.46. The smallest absolute Gasteiger partial charge is 0.262 e. The lowest BCUT2D eigenvalue weighted by molar-refractivity contribution is 0.103. The maximum atomic E-state index is 13.0. The molecular weight excluding hydrogens is 482 g/mol. The Morgan fingerprint density at radius 2 is 1.65 bits per heavy atom. The van der Waals surface area contributed by atoms with E-state index in [0.717, 1.165) is 42.0 Å². The molecule has 7 heteroatoms. The molecule has 0 spiro atoms. The fourth-order valence-electron chi connectivity index (χ4n) is 4.65. The number of ether oxygens (including phenoxy) is 1. The van der Waals surface area contributed by atoms with Crippen molar-refractivity contribution in [2.75, 3.05) is 26.2 Å². The normalized spacial score (nSPS) is 13.8. The van der Waals surface area contributed by atoms with Crippen LogP contribution in [0.1, 0.15) is 39.9 Å². The van der Waals surface area contributed by atoms with Gasteiger partial charge in [-0.2, -0.15) is 0 Å². The van der Waals surface area contributed by atoms with Gasteiger partial charge in [0.1, 0.15) is 12.4 Å². The molecule has 0 aliphatic carbocycles. The largest absolute Gasteiger partial charge is 0.492 e. The van der Waals surface area contributed by atoms with Gasteiger partial charge in [0.05, 0.1) is 10.9 Å². The number of thioether (sulfide) groups is 1. The fraction of sp³-hybridized carbons (Fsp3) is 0.300. The number of rotatable bonds is 9. The summed E-state index contributed by atoms with van der Waals surface area (Å²) in [4.78, 5) is 32.9. The van der Waals surface area contributed by atoms with Crippen LogP contribution in [0, 0.1) is 6.92 Å². The van der Waals surface area contributed by atoms with Crippen LogP contribution < -0.4 is 10.3 Å². The van der Waals surface area contributed by atoms with Gasteiger partial charge in [-0.05, 0) is 74.3 Å². The quantitative estimate of drug-likeness (QED) is 0.173. The Kier molecular flexibility index (Phi) is 7.72. The van der Waals surface area contributed by atoms with Crippen molar-refractivity contribution >= 4 is 28.4 Å². The first-order valence-corrected chi connectivity index (χ1v) is 13.7. The number of aryl methyl sites for hydroxylation is 1. The highest BCUT2D eigenvalue weighted by molar-refractivity contribution is 7.98. The molecule has 0 radical (unpaired) electrons. The third-order valence-corrected chi connectivity index (χ3v) is 7.95. The zero-order valence-corrected chi connectivity index (χ0v) is 22.1. The minimum absolute atomic E-state index is 0.0169. The Balaban J connectivity index is 1.19. The molecule has 1 aromatic heterocycles. The first-order chi connectivity index (χ1) is 18.0. The van der Waals surface area contributed by atoms with Crippen molar-refractivity contribution in [2.24, 2.45) is 7.05 Å². The van der Waals surface area contributed by atoms with Gasteiger partial charge in [0.25, 0.3) is 5.56 Å². The number of carbonyl (C=O) groups is 1. The fourth-order valence-corrected chi connectivity index (χ4v) is 5.58. The average Bonchev–Trinajstić information content (AvgIpc) is 3.44. The van der Waals surface area contributed by atoms with Gasteiger partial charge in [-0.1, -0.05) is 48.2 Å². The lowest BCUT2D eigenvalue weighted by atomic mass is 10.0. The Morgan fingerprint density at radius 1 is 0.973 bits per heavy atom. The van der Waals surface area contributed by atoms with Crippen LogP contribution in [0.5, 0.6) is 5.75 Å². The van der Waals surface area contributed by atoms with Gasteiger partial charge in [-0.3, -0.25) is 19.1 Å². The minimum Gasteiger partial charge on any atom is -0.492 e. The summed E-state index contributed by atoms with van der Waals surface area (Å²) in [5.74, 6) is 1.42. The van der Waals surface area contributed by atoms with Crippen LogP contribution in [0.2, 0.25) is 0 Å². The van der Waals surface area contributed by atoms with Crippen molar-refractivity contribution in [2.45, 2.75) is 30.7 Å². The summed E-state index contributed by atoms with van der Waals surface area (Å²) in [6.07, 6.45) is 2.55. The third-order valence-electron chi connectivity index (χ3n) is 6.85. The highest BCUT2D eigenvalue weighted by atomic mass is 32.2. The Labute approximate surface area is 221 Å². The maximum absolute atomic E-state index is 13.0. The molecule has 4 aromatic rings. The topological polar surface area (TPSA) is 64.4 Å². The third kappa shape index (κ3) is 5.78. The Bertz CT molecular complexity index is 1460. The number of aromatic nitrogens is 2. The van der Waals surface area contributed by atoms with Gasteiger partial charge < -0.3 is 4.74 Å². The number of nitrogens with zero attached hydrogens (tertiary/aromatic N) is 3. The van der Waals surface area contributed by atoms with E-state index in [1.165, 1.54) is 24.6 Å². The number of hydrogen-bond donors (Lipinski definition) is 0. The lowest BCUT2D eigenvalue weighted by Gasteiger charge is -2.15. The molecule has 1 aliphatic rings. The van der Waals surface area contributed by atoms with E-state index in [1.54, 1.807) is 11.6 Å². The van der Waals surface area contributed by atoms with Gasteiger partial charge >= 0.3 is 0 Å². The standard InChI is InChI=1S/C30H31N3O3S/c1-21-6-5-7-26-27(21)29(35)32(2)30(31-26)37-20-22-8-10-23(11-9-22)28(34)24-12-14-25(15-13-24)36-19-18-33-16-3-4-17-33/h5-15H,3-4,16-20H2,1-2H3. The van der Waals surface area contributed by atoms with Gasteiger partial charge in [0.2, 0.25) is 0 Å². The molecular formula is C30H31N3O3S. The summed E-state index contributed by atoms with van der Waals surface area (Å²) in [6.45, 7) is 5.86. The lowest BCUT2D eigenvalue weighted by Crippen LogP contribution is -2.25. The van der Waals surface area contributed by atoms with E-state index in [9.17, 15) is 9.59 Å². The van der Waals surface area contributed by atoms with Crippen LogP contribution in [-0.2, 0) is 12.8 Å². The van der Waals surface area contributed by atoms with E-state index in [1.807, 2.05) is 73.7 Å². The molecule has 2 heterocycles. The molecule has 3 aromatic carbocycles. The van der Waals surface area contributed by atoms with Crippen molar-refractivity contribution in [1.82, 2.24) is 14.5 Å². The molecule has 0 unspecified atom stereocenters. The van der Waals surface area contributed by atoms with E-state index in [2.05, 4.69) is 4.90 Å². The minimum atomic E-state index is -0.0328. The monoisotopic (exact) mass is 513 g/mol. The summed E-state index contributed by atoms with van der Waals surface area (Å²) in [6, 6.07) is 20.7. The Morgan fingerprint density at radius 3 is 2.35 bits per heavy atom. The molecule has 0 atom stereocenters. The van der Waals surface area contributed by atoms with Gasteiger partial charge in [-0.25, -0.2) is 4.98 Å². The van der Waals surface area contributed by atoms with Gasteiger partial charge in [0, 0.05) is 30.5 Å². The van der Waals surface area contributed by atoms with Crippen molar-refractivity contribution in [3.05, 3.63) is 99.3 Å². The number of ketones is 1. The average molecular weight is 514 g/mol. The van der Waals surface area contributed by atoms with Crippen LogP contribution in [0.3, 0.4) is 0 Å². The predicted octanol–water partition coefficient (Wildman–Crippen LogP) is 5.24. The van der Waals surface area contributed by atoms with Crippen LogP contribution in [0.25, 0.3) is 10.9 Å². The first kappa shape index (κ1) is 25.2. The molecule has 0 saturated carbocycles. The van der Waals surface area contributed by atoms with Crippen molar-refractivity contribution in [3.8, 4) is 5.75 Å². The van der Waals surface area contributed by atoms with E-state index >= 15 is 0 Å². The molecule has 1 fully saturated rings. The highest BCUT2D eigenvalue weighted by Gasteiger charge is 2.13. The van der Waals surface area contributed by atoms with E-state index in [-0.39, 0.29) is 11.3 Å². The zero-order chi connectivity index (χ0) is 25.8. The van der Waals surface area contributed by atoms with E-state index < -0.39 is 0 Å². The second kappa shape index (κ2) is 11.3. The van der Waals surface area contributed by atoms with Crippen LogP contribution >= 0.6 is 11.8 Å². The number of carbonyl (C=O) groups excluding carboxylic acids is 1. The second-order valence-corrected chi connectivity index (χ2v) is 10.4. The molecule has 5 rings (SSSR count). The summed E-state index contributed by atoms with van der Waals surface area (Å²) in [5.41, 5.74) is 3.95. The summed E-state index contributed by atoms with van der Waals surface area (Å²) >= 11 is 1.51. The summed E-state index contributed by atoms with van der Waals surface area (Å²) in [7, 11) is 1.76. The zero-order valence-electron chi connectivity index (χ0n) is 21.3. The van der Waals surface area contributed by atoms with E-state index in [4.69, 9.17) is 9.72 Å². The maximum Gasteiger partial charge on any atom is 0.262 e. The molecule has 1 saturated heterocycles. The van der Waals surface area contributed by atoms with Crippen LogP contribution in [-0.4, -0.2) is 46.5 Å². The highest BCUT2D eigenvalue weighted by Crippen LogP contribution is 2.23. The van der Waals surface area contributed by atoms with Crippen molar-refractivity contribution in [1.29, 1.82) is 0 Å². The SMILES string of the molecule is Cc1cccc2nc(SCc3ccc(C(=O)c4ccc(OCCN5CCCC5)cc4)cc3)n(C)c(=O)c12. The number of likely N-dealkylation sites (tertiary alicyclic amines) is 1. The van der Waals surface area contributed by atoms with Crippen molar-refractivity contribution in [3.63, 3.8) is 0 Å². The Hall–Kier alpha value is -3.42. The molecule has 37 heavy (non-hydrogen) atoms. The van der Waals surface area contributed by atoms with Crippen molar-refractivity contribution < 1.29 is 9.53 Å². The van der Waals surface area contributed by atoms with Gasteiger partial charge in [0.15, 0.2) is 10.9 Å². The van der Waals surface area contributed by atoms with Crippen LogP contribution in [0.4, 0.5) is 0 Å². The van der Waals surface area contributed by atoms with Crippen LogP contribution in [0.15, 0.2) is 76.7 Å². The molecule has 6 nitrogen and oxygen atoms in total. The molecule has 190 valence electrons.